The van der Waals surface area contributed by atoms with Gasteiger partial charge in [-0.2, -0.15) is 0 Å². The van der Waals surface area contributed by atoms with Gasteiger partial charge in [0.25, 0.3) is 0 Å². The van der Waals surface area contributed by atoms with E-state index in [1.165, 1.54) is 6.07 Å². The fraction of sp³-hybridized carbons (Fsp3) is 0.455. The van der Waals surface area contributed by atoms with Crippen LogP contribution in [0, 0.1) is 5.82 Å². The van der Waals surface area contributed by atoms with Crippen molar-refractivity contribution in [1.29, 1.82) is 0 Å². The predicted molar refractivity (Wildman–Crippen MR) is 57.9 cm³/mol. The Morgan fingerprint density at radius 2 is 2.20 bits per heavy atom. The van der Waals surface area contributed by atoms with Gasteiger partial charge in [0.1, 0.15) is 6.10 Å². The van der Waals surface area contributed by atoms with E-state index in [9.17, 15) is 4.39 Å². The van der Waals surface area contributed by atoms with Crippen molar-refractivity contribution in [3.8, 4) is 5.75 Å². The third-order valence-electron chi connectivity index (χ3n) is 1.88. The number of hydrogen-bond donors (Lipinski definition) is 0. The van der Waals surface area contributed by atoms with Gasteiger partial charge in [-0.05, 0) is 24.6 Å². The molecule has 0 saturated heterocycles. The van der Waals surface area contributed by atoms with Crippen LogP contribution in [0.2, 0.25) is 0 Å². The summed E-state index contributed by atoms with van der Waals surface area (Å²) in [6.07, 6.45) is -0.175. The maximum absolute atomic E-state index is 13.4. The van der Waals surface area contributed by atoms with Crippen LogP contribution in [0.5, 0.6) is 5.75 Å². The monoisotopic (exact) mass is 232 g/mol. The summed E-state index contributed by atoms with van der Waals surface area (Å²) in [4.78, 5) is 0. The molecule has 0 heterocycles. The van der Waals surface area contributed by atoms with E-state index in [0.717, 1.165) is 5.56 Å². The minimum Gasteiger partial charge on any atom is -0.485 e. The van der Waals surface area contributed by atoms with Crippen molar-refractivity contribution >= 4 is 11.6 Å². The second-order valence-electron chi connectivity index (χ2n) is 3.28. The summed E-state index contributed by atoms with van der Waals surface area (Å²) >= 11 is 5.58. The van der Waals surface area contributed by atoms with Crippen LogP contribution in [0.4, 0.5) is 4.39 Å². The van der Waals surface area contributed by atoms with Gasteiger partial charge in [0, 0.05) is 13.0 Å². The molecule has 1 rings (SSSR count). The number of methoxy groups -OCH3 is 1. The van der Waals surface area contributed by atoms with Gasteiger partial charge >= 0.3 is 0 Å². The summed E-state index contributed by atoms with van der Waals surface area (Å²) in [5.41, 5.74) is 0.737. The number of hydrogen-bond acceptors (Lipinski definition) is 2. The van der Waals surface area contributed by atoms with Gasteiger partial charge in [0.2, 0.25) is 0 Å². The van der Waals surface area contributed by atoms with Gasteiger partial charge in [-0.1, -0.05) is 6.07 Å². The van der Waals surface area contributed by atoms with Crippen LogP contribution in [0.25, 0.3) is 0 Å². The van der Waals surface area contributed by atoms with E-state index in [0.29, 0.717) is 12.5 Å². The molecule has 2 nitrogen and oxygen atoms in total. The highest BCUT2D eigenvalue weighted by Gasteiger charge is 2.08. The smallest absolute Gasteiger partial charge is 0.165 e. The molecule has 0 fully saturated rings. The van der Waals surface area contributed by atoms with Crippen molar-refractivity contribution in [3.63, 3.8) is 0 Å². The molecule has 1 unspecified atom stereocenters. The first-order valence-electron chi connectivity index (χ1n) is 4.67. The van der Waals surface area contributed by atoms with E-state index < -0.39 is 5.82 Å². The molecule has 0 saturated carbocycles. The fourth-order valence-electron chi connectivity index (χ4n) is 1.21. The lowest BCUT2D eigenvalue weighted by Gasteiger charge is -2.14. The van der Waals surface area contributed by atoms with E-state index >= 15 is 0 Å². The average Bonchev–Trinajstić information content (AvgIpc) is 2.21. The molecule has 0 N–H and O–H groups in total. The summed E-state index contributed by atoms with van der Waals surface area (Å²) in [5.74, 6) is 0.134. The molecule has 1 atom stereocenters. The van der Waals surface area contributed by atoms with E-state index in [1.54, 1.807) is 19.2 Å². The lowest BCUT2D eigenvalue weighted by Crippen LogP contribution is -2.18. The molecule has 0 bridgehead atoms. The Morgan fingerprint density at radius 3 is 2.73 bits per heavy atom. The van der Waals surface area contributed by atoms with Crippen LogP contribution in [0.15, 0.2) is 18.2 Å². The molecule has 1 aromatic rings. The van der Waals surface area contributed by atoms with Gasteiger partial charge < -0.3 is 9.47 Å². The molecule has 0 amide bonds. The second-order valence-corrected chi connectivity index (χ2v) is 3.55. The van der Waals surface area contributed by atoms with E-state index in [1.807, 2.05) is 6.92 Å². The van der Waals surface area contributed by atoms with Crippen LogP contribution in [-0.4, -0.2) is 19.8 Å². The standard InChI is InChI=1S/C11H14ClFO2/c1-8(7-14-2)15-11-4-3-9(6-12)5-10(11)13/h3-5,8H,6-7H2,1-2H3. The lowest BCUT2D eigenvalue weighted by atomic mass is 10.2. The van der Waals surface area contributed by atoms with Crippen LogP contribution >= 0.6 is 11.6 Å². The Balaban J connectivity index is 2.69. The van der Waals surface area contributed by atoms with Gasteiger partial charge in [0.15, 0.2) is 11.6 Å². The largest absolute Gasteiger partial charge is 0.485 e. The molecule has 0 aliphatic heterocycles. The molecule has 15 heavy (non-hydrogen) atoms. The van der Waals surface area contributed by atoms with E-state index in [2.05, 4.69) is 0 Å². The number of alkyl halides is 1. The first kappa shape index (κ1) is 12.3. The Hall–Kier alpha value is -0.800. The van der Waals surface area contributed by atoms with Crippen molar-refractivity contribution in [2.75, 3.05) is 13.7 Å². The number of halogens is 2. The molecule has 84 valence electrons. The molecule has 1 aromatic carbocycles. The Bertz CT molecular complexity index is 317. The summed E-state index contributed by atoms with van der Waals surface area (Å²) < 4.78 is 23.6. The van der Waals surface area contributed by atoms with E-state index in [4.69, 9.17) is 21.1 Å². The van der Waals surface area contributed by atoms with Crippen molar-refractivity contribution in [2.45, 2.75) is 18.9 Å². The molecule has 0 aromatic heterocycles. The molecule has 0 aliphatic carbocycles. The lowest BCUT2D eigenvalue weighted by molar-refractivity contribution is 0.0893. The van der Waals surface area contributed by atoms with Crippen LogP contribution in [0.3, 0.4) is 0 Å². The number of ether oxygens (including phenoxy) is 2. The molecule has 4 heteroatoms. The summed E-state index contributed by atoms with van der Waals surface area (Å²) in [6, 6.07) is 4.70. The first-order chi connectivity index (χ1) is 7.17. The van der Waals surface area contributed by atoms with Crippen molar-refractivity contribution in [3.05, 3.63) is 29.6 Å². The van der Waals surface area contributed by atoms with Gasteiger partial charge in [-0.3, -0.25) is 0 Å². The Labute approximate surface area is 94.0 Å². The van der Waals surface area contributed by atoms with Crippen LogP contribution in [0.1, 0.15) is 12.5 Å². The molecule has 0 aliphatic rings. The zero-order valence-corrected chi connectivity index (χ0v) is 9.55. The van der Waals surface area contributed by atoms with Crippen LogP contribution < -0.4 is 4.74 Å². The zero-order valence-electron chi connectivity index (χ0n) is 8.80. The first-order valence-corrected chi connectivity index (χ1v) is 5.20. The maximum atomic E-state index is 13.4. The summed E-state index contributed by atoms with van der Waals surface area (Å²) in [7, 11) is 1.58. The molecular weight excluding hydrogens is 219 g/mol. The SMILES string of the molecule is COCC(C)Oc1ccc(CCl)cc1F. The number of benzene rings is 1. The van der Waals surface area contributed by atoms with Gasteiger partial charge in [-0.25, -0.2) is 4.39 Å². The maximum Gasteiger partial charge on any atom is 0.165 e. The zero-order chi connectivity index (χ0) is 11.3. The molecule has 0 radical (unpaired) electrons. The third-order valence-corrected chi connectivity index (χ3v) is 2.19. The Morgan fingerprint density at radius 1 is 1.47 bits per heavy atom. The predicted octanol–water partition coefficient (Wildman–Crippen LogP) is 2.98. The number of rotatable bonds is 5. The third kappa shape index (κ3) is 3.68. The van der Waals surface area contributed by atoms with Crippen molar-refractivity contribution in [1.82, 2.24) is 0 Å². The van der Waals surface area contributed by atoms with Crippen LogP contribution in [-0.2, 0) is 10.6 Å². The second kappa shape index (κ2) is 5.93. The normalized spacial score (nSPS) is 12.5. The molecular formula is C11H14ClFO2. The quantitative estimate of drug-likeness (QED) is 0.727. The van der Waals surface area contributed by atoms with Gasteiger partial charge in [-0.15, -0.1) is 11.6 Å². The van der Waals surface area contributed by atoms with Crippen molar-refractivity contribution in [2.24, 2.45) is 0 Å². The van der Waals surface area contributed by atoms with Crippen molar-refractivity contribution < 1.29 is 13.9 Å². The average molecular weight is 233 g/mol. The van der Waals surface area contributed by atoms with Gasteiger partial charge in [0.05, 0.1) is 6.61 Å². The highest BCUT2D eigenvalue weighted by Crippen LogP contribution is 2.20. The summed E-state index contributed by atoms with van der Waals surface area (Å²) in [6.45, 7) is 2.25. The highest BCUT2D eigenvalue weighted by atomic mass is 35.5. The fourth-order valence-corrected chi connectivity index (χ4v) is 1.37. The van der Waals surface area contributed by atoms with E-state index in [-0.39, 0.29) is 11.9 Å². The molecule has 0 spiro atoms. The minimum atomic E-state index is -0.392. The summed E-state index contributed by atoms with van der Waals surface area (Å²) in [5, 5.41) is 0. The minimum absolute atomic E-state index is 0.175. The topological polar surface area (TPSA) is 18.5 Å². The highest BCUT2D eigenvalue weighted by molar-refractivity contribution is 6.17. The Kier molecular flexibility index (Phi) is 4.85.